The molecule has 8 heteroatoms. The Morgan fingerprint density at radius 1 is 1.07 bits per heavy atom. The highest BCUT2D eigenvalue weighted by Gasteiger charge is 2.14. The Hall–Kier alpha value is -3.26. The summed E-state index contributed by atoms with van der Waals surface area (Å²) in [5.74, 6) is 0.791. The lowest BCUT2D eigenvalue weighted by atomic mass is 10.1. The zero-order valence-corrected chi connectivity index (χ0v) is 16.6. The zero-order chi connectivity index (χ0) is 19.7. The van der Waals surface area contributed by atoms with Crippen LogP contribution in [0.4, 0.5) is 0 Å². The minimum absolute atomic E-state index is 0.296. The van der Waals surface area contributed by atoms with Crippen LogP contribution in [0.15, 0.2) is 52.6 Å². The fourth-order valence-electron chi connectivity index (χ4n) is 3.02. The number of benzene rings is 2. The zero-order valence-electron chi connectivity index (χ0n) is 15.8. The summed E-state index contributed by atoms with van der Waals surface area (Å²) < 4.78 is 13.0. The van der Waals surface area contributed by atoms with E-state index in [4.69, 9.17) is 4.74 Å². The Morgan fingerprint density at radius 2 is 1.93 bits per heavy atom. The molecule has 28 heavy (non-hydrogen) atoms. The number of aryl methyl sites for hydroxylation is 3. The highest BCUT2D eigenvalue weighted by molar-refractivity contribution is 7.03. The van der Waals surface area contributed by atoms with Crippen LogP contribution in [-0.4, -0.2) is 24.2 Å². The van der Waals surface area contributed by atoms with Gasteiger partial charge >= 0.3 is 5.69 Å². The van der Waals surface area contributed by atoms with Gasteiger partial charge in [-0.2, -0.15) is 13.7 Å². The Bertz CT molecular complexity index is 1180. The summed E-state index contributed by atoms with van der Waals surface area (Å²) >= 11 is 1.43. The van der Waals surface area contributed by atoms with Crippen LogP contribution >= 0.6 is 11.5 Å². The van der Waals surface area contributed by atoms with Crippen LogP contribution in [0, 0.1) is 13.8 Å². The summed E-state index contributed by atoms with van der Waals surface area (Å²) in [4.78, 5) is 12.3. The molecule has 2 aromatic heterocycles. The quantitative estimate of drug-likeness (QED) is 0.520. The van der Waals surface area contributed by atoms with E-state index in [0.29, 0.717) is 12.3 Å². The molecule has 7 nitrogen and oxygen atoms in total. The Kier molecular flexibility index (Phi) is 4.79. The predicted octanol–water partition coefficient (Wildman–Crippen LogP) is 3.29. The lowest BCUT2D eigenvalue weighted by Crippen LogP contribution is -2.23. The van der Waals surface area contributed by atoms with Crippen molar-refractivity contribution in [3.8, 4) is 22.7 Å². The average molecular weight is 393 g/mol. The maximum Gasteiger partial charge on any atom is 0.368 e. The molecule has 0 saturated carbocycles. The molecule has 0 bridgehead atoms. The lowest BCUT2D eigenvalue weighted by Gasteiger charge is -2.14. The molecule has 0 aliphatic heterocycles. The van der Waals surface area contributed by atoms with Crippen LogP contribution in [0.3, 0.4) is 0 Å². The van der Waals surface area contributed by atoms with Gasteiger partial charge in [-0.25, -0.2) is 4.79 Å². The Balaban J connectivity index is 1.62. The molecule has 0 fully saturated rings. The SMILES string of the molecule is Cc1cc(-c2ccsn2)ccc1OCc1c(C)cccc1-n1nnn(C)c1=O. The molecular weight excluding hydrogens is 374 g/mol. The van der Waals surface area contributed by atoms with Crippen molar-refractivity contribution in [2.45, 2.75) is 20.5 Å². The monoisotopic (exact) mass is 393 g/mol. The minimum Gasteiger partial charge on any atom is -0.489 e. The van der Waals surface area contributed by atoms with Gasteiger partial charge in [0, 0.05) is 23.6 Å². The van der Waals surface area contributed by atoms with E-state index in [2.05, 4.69) is 20.9 Å². The number of hydrogen-bond donors (Lipinski definition) is 0. The molecule has 4 rings (SSSR count). The molecule has 0 unspecified atom stereocenters. The third-order valence-corrected chi connectivity index (χ3v) is 5.18. The number of tetrazole rings is 1. The van der Waals surface area contributed by atoms with Gasteiger partial charge in [0.05, 0.1) is 11.4 Å². The smallest absolute Gasteiger partial charge is 0.368 e. The molecule has 0 atom stereocenters. The maximum absolute atomic E-state index is 12.3. The fourth-order valence-corrected chi connectivity index (χ4v) is 3.55. The molecule has 0 saturated heterocycles. The van der Waals surface area contributed by atoms with E-state index in [0.717, 1.165) is 33.7 Å². The number of aromatic nitrogens is 5. The van der Waals surface area contributed by atoms with Crippen molar-refractivity contribution in [1.29, 1.82) is 0 Å². The topological polar surface area (TPSA) is 74.8 Å². The second-order valence-corrected chi connectivity index (χ2v) is 7.19. The van der Waals surface area contributed by atoms with Crippen LogP contribution < -0.4 is 10.4 Å². The van der Waals surface area contributed by atoms with Crippen molar-refractivity contribution in [3.63, 3.8) is 0 Å². The van der Waals surface area contributed by atoms with E-state index in [-0.39, 0.29) is 5.69 Å². The molecule has 0 N–H and O–H groups in total. The van der Waals surface area contributed by atoms with Crippen LogP contribution in [0.5, 0.6) is 5.75 Å². The summed E-state index contributed by atoms with van der Waals surface area (Å²) in [5.41, 5.74) is 5.35. The van der Waals surface area contributed by atoms with Crippen LogP contribution in [0.2, 0.25) is 0 Å². The predicted molar refractivity (Wildman–Crippen MR) is 108 cm³/mol. The molecule has 2 heterocycles. The van der Waals surface area contributed by atoms with Gasteiger partial charge in [0.1, 0.15) is 12.4 Å². The summed E-state index contributed by atoms with van der Waals surface area (Å²) in [7, 11) is 1.57. The normalized spacial score (nSPS) is 11.0. The van der Waals surface area contributed by atoms with Gasteiger partial charge < -0.3 is 4.74 Å². The van der Waals surface area contributed by atoms with Gasteiger partial charge in [-0.1, -0.05) is 12.1 Å². The van der Waals surface area contributed by atoms with Crippen molar-refractivity contribution in [1.82, 2.24) is 24.2 Å². The summed E-state index contributed by atoms with van der Waals surface area (Å²) in [5, 5.41) is 9.72. The average Bonchev–Trinajstić information content (AvgIpc) is 3.33. The Morgan fingerprint density at radius 3 is 2.61 bits per heavy atom. The van der Waals surface area contributed by atoms with Crippen LogP contribution in [0.25, 0.3) is 16.9 Å². The molecule has 0 aliphatic rings. The van der Waals surface area contributed by atoms with E-state index >= 15 is 0 Å². The van der Waals surface area contributed by atoms with Gasteiger partial charge in [0.25, 0.3) is 0 Å². The molecule has 0 aliphatic carbocycles. The standard InChI is InChI=1S/C20H19N5O2S/c1-13-5-4-6-18(25-20(26)24(3)22-23-25)16(13)12-27-19-8-7-15(11-14(19)2)17-9-10-28-21-17/h4-11H,12H2,1-3H3. The van der Waals surface area contributed by atoms with Gasteiger partial charge in [0.15, 0.2) is 0 Å². The fraction of sp³-hybridized carbons (Fsp3) is 0.200. The van der Waals surface area contributed by atoms with E-state index in [1.54, 1.807) is 7.05 Å². The van der Waals surface area contributed by atoms with Crippen molar-refractivity contribution >= 4 is 11.5 Å². The van der Waals surface area contributed by atoms with Crippen molar-refractivity contribution in [2.24, 2.45) is 7.05 Å². The molecule has 0 amide bonds. The number of rotatable bonds is 5. The van der Waals surface area contributed by atoms with Gasteiger partial charge in [0.2, 0.25) is 0 Å². The van der Waals surface area contributed by atoms with E-state index < -0.39 is 0 Å². The molecule has 4 aromatic rings. The second kappa shape index (κ2) is 7.40. The summed E-state index contributed by atoms with van der Waals surface area (Å²) in [6, 6.07) is 13.7. The van der Waals surface area contributed by atoms with Crippen molar-refractivity contribution < 1.29 is 4.74 Å². The maximum atomic E-state index is 12.3. The van der Waals surface area contributed by atoms with E-state index in [1.165, 1.54) is 20.9 Å². The van der Waals surface area contributed by atoms with Crippen LogP contribution in [0.1, 0.15) is 16.7 Å². The first-order valence-electron chi connectivity index (χ1n) is 8.76. The van der Waals surface area contributed by atoms with E-state index in [9.17, 15) is 4.79 Å². The first-order chi connectivity index (χ1) is 13.5. The highest BCUT2D eigenvalue weighted by Crippen LogP contribution is 2.27. The minimum atomic E-state index is -0.296. The number of nitrogens with zero attached hydrogens (tertiary/aromatic N) is 5. The highest BCUT2D eigenvalue weighted by atomic mass is 32.1. The molecule has 0 spiro atoms. The third kappa shape index (κ3) is 3.34. The molecule has 142 valence electrons. The first-order valence-corrected chi connectivity index (χ1v) is 9.60. The molecule has 0 radical (unpaired) electrons. The lowest BCUT2D eigenvalue weighted by molar-refractivity contribution is 0.302. The van der Waals surface area contributed by atoms with Crippen LogP contribution in [-0.2, 0) is 13.7 Å². The number of hydrogen-bond acceptors (Lipinski definition) is 6. The molecular formula is C20H19N5O2S. The first kappa shape index (κ1) is 18.1. The second-order valence-electron chi connectivity index (χ2n) is 6.52. The molecule has 2 aromatic carbocycles. The Labute approximate surface area is 166 Å². The van der Waals surface area contributed by atoms with Gasteiger partial charge in [-0.3, -0.25) is 0 Å². The van der Waals surface area contributed by atoms with Gasteiger partial charge in [-0.15, -0.1) is 0 Å². The van der Waals surface area contributed by atoms with Gasteiger partial charge in [-0.05, 0) is 77.3 Å². The summed E-state index contributed by atoms with van der Waals surface area (Å²) in [6.07, 6.45) is 0. The van der Waals surface area contributed by atoms with E-state index in [1.807, 2.05) is 55.6 Å². The summed E-state index contributed by atoms with van der Waals surface area (Å²) in [6.45, 7) is 4.32. The largest absolute Gasteiger partial charge is 0.489 e. The van der Waals surface area contributed by atoms with Crippen molar-refractivity contribution in [2.75, 3.05) is 0 Å². The van der Waals surface area contributed by atoms with Crippen molar-refractivity contribution in [3.05, 3.63) is 75.0 Å². The third-order valence-electron chi connectivity index (χ3n) is 4.62. The number of ether oxygens (including phenoxy) is 1.